The van der Waals surface area contributed by atoms with Crippen molar-refractivity contribution in [2.45, 2.75) is 19.1 Å². The Balaban J connectivity index is 2.33. The highest BCUT2D eigenvalue weighted by atomic mass is 16.5. The molecule has 0 aromatic heterocycles. The predicted molar refractivity (Wildman–Crippen MR) is 65.7 cm³/mol. The highest BCUT2D eigenvalue weighted by Crippen LogP contribution is 2.32. The average Bonchev–Trinajstić information content (AvgIpc) is 2.38. The van der Waals surface area contributed by atoms with E-state index in [1.54, 1.807) is 14.2 Å². The number of hydrogen-bond acceptors (Lipinski definition) is 4. The van der Waals surface area contributed by atoms with E-state index in [4.69, 9.17) is 14.2 Å². The molecule has 17 heavy (non-hydrogen) atoms. The van der Waals surface area contributed by atoms with Crippen LogP contribution in [0.15, 0.2) is 18.2 Å². The highest BCUT2D eigenvalue weighted by molar-refractivity contribution is 5.42. The number of morpholine rings is 1. The second kappa shape index (κ2) is 5.38. The summed E-state index contributed by atoms with van der Waals surface area (Å²) in [6.45, 7) is 3.68. The Kier molecular flexibility index (Phi) is 3.86. The molecule has 1 fully saturated rings. The van der Waals surface area contributed by atoms with Crippen molar-refractivity contribution in [3.63, 3.8) is 0 Å². The summed E-state index contributed by atoms with van der Waals surface area (Å²) in [5, 5.41) is 3.45. The van der Waals surface area contributed by atoms with Gasteiger partial charge in [-0.25, -0.2) is 0 Å². The molecule has 1 N–H and O–H groups in total. The molecule has 1 aliphatic rings. The Morgan fingerprint density at radius 1 is 1.29 bits per heavy atom. The van der Waals surface area contributed by atoms with E-state index in [9.17, 15) is 0 Å². The Bertz CT molecular complexity index is 381. The highest BCUT2D eigenvalue weighted by Gasteiger charge is 2.26. The van der Waals surface area contributed by atoms with Crippen molar-refractivity contribution in [2.75, 3.05) is 27.4 Å². The fourth-order valence-electron chi connectivity index (χ4n) is 2.17. The van der Waals surface area contributed by atoms with Crippen LogP contribution < -0.4 is 14.8 Å². The molecule has 0 radical (unpaired) electrons. The Hall–Kier alpha value is -1.26. The zero-order valence-corrected chi connectivity index (χ0v) is 10.5. The smallest absolute Gasteiger partial charge is 0.124 e. The minimum absolute atomic E-state index is 0.129. The van der Waals surface area contributed by atoms with Crippen molar-refractivity contribution in [3.05, 3.63) is 23.8 Å². The van der Waals surface area contributed by atoms with Crippen LogP contribution in [0.3, 0.4) is 0 Å². The number of benzene rings is 1. The van der Waals surface area contributed by atoms with Gasteiger partial charge in [-0.3, -0.25) is 0 Å². The molecule has 0 amide bonds. The van der Waals surface area contributed by atoms with Gasteiger partial charge in [0.15, 0.2) is 0 Å². The van der Waals surface area contributed by atoms with E-state index in [2.05, 4.69) is 12.2 Å². The lowest BCUT2D eigenvalue weighted by Crippen LogP contribution is -2.40. The van der Waals surface area contributed by atoms with Crippen molar-refractivity contribution < 1.29 is 14.2 Å². The third-order valence-electron chi connectivity index (χ3n) is 3.09. The lowest BCUT2D eigenvalue weighted by Gasteiger charge is -2.31. The first-order chi connectivity index (χ1) is 8.26. The van der Waals surface area contributed by atoms with Gasteiger partial charge in [-0.2, -0.15) is 0 Å². The molecule has 1 aromatic carbocycles. The molecular formula is C13H19NO3. The van der Waals surface area contributed by atoms with Crippen LogP contribution in [0.2, 0.25) is 0 Å². The molecule has 0 saturated carbocycles. The van der Waals surface area contributed by atoms with Crippen LogP contribution in [0, 0.1) is 0 Å². The first-order valence-electron chi connectivity index (χ1n) is 5.83. The van der Waals surface area contributed by atoms with Gasteiger partial charge in [0.05, 0.1) is 33.0 Å². The third-order valence-corrected chi connectivity index (χ3v) is 3.09. The largest absolute Gasteiger partial charge is 0.497 e. The van der Waals surface area contributed by atoms with E-state index in [1.165, 1.54) is 0 Å². The van der Waals surface area contributed by atoms with E-state index >= 15 is 0 Å². The summed E-state index contributed by atoms with van der Waals surface area (Å²) in [6.07, 6.45) is 0.129. The van der Waals surface area contributed by atoms with Crippen LogP contribution >= 0.6 is 0 Å². The van der Waals surface area contributed by atoms with Gasteiger partial charge in [-0.05, 0) is 25.1 Å². The van der Waals surface area contributed by atoms with Gasteiger partial charge in [0, 0.05) is 12.1 Å². The molecule has 0 spiro atoms. The van der Waals surface area contributed by atoms with Crippen molar-refractivity contribution in [1.29, 1.82) is 0 Å². The number of methoxy groups -OCH3 is 2. The van der Waals surface area contributed by atoms with E-state index in [1.807, 2.05) is 18.2 Å². The van der Waals surface area contributed by atoms with Gasteiger partial charge in [-0.15, -0.1) is 0 Å². The molecule has 2 unspecified atom stereocenters. The van der Waals surface area contributed by atoms with Crippen molar-refractivity contribution in [1.82, 2.24) is 5.32 Å². The minimum atomic E-state index is 0.129. The molecule has 4 heteroatoms. The number of ether oxygens (including phenoxy) is 3. The van der Waals surface area contributed by atoms with Gasteiger partial charge >= 0.3 is 0 Å². The van der Waals surface area contributed by atoms with Gasteiger partial charge < -0.3 is 19.5 Å². The second-order valence-electron chi connectivity index (χ2n) is 4.12. The molecule has 94 valence electrons. The predicted octanol–water partition coefficient (Wildman–Crippen LogP) is 1.75. The second-order valence-corrected chi connectivity index (χ2v) is 4.12. The molecule has 1 aromatic rings. The average molecular weight is 237 g/mol. The molecule has 1 heterocycles. The monoisotopic (exact) mass is 237 g/mol. The Morgan fingerprint density at radius 3 is 2.76 bits per heavy atom. The van der Waals surface area contributed by atoms with Gasteiger partial charge in [0.25, 0.3) is 0 Å². The van der Waals surface area contributed by atoms with Crippen LogP contribution in [0.4, 0.5) is 0 Å². The summed E-state index contributed by atoms with van der Waals surface area (Å²) >= 11 is 0. The number of rotatable bonds is 3. The molecule has 0 bridgehead atoms. The maximum atomic E-state index is 5.66. The number of hydrogen-bond donors (Lipinski definition) is 1. The fourth-order valence-corrected chi connectivity index (χ4v) is 2.17. The van der Waals surface area contributed by atoms with E-state index in [-0.39, 0.29) is 12.1 Å². The summed E-state index contributed by atoms with van der Waals surface area (Å²) in [7, 11) is 3.35. The van der Waals surface area contributed by atoms with Crippen molar-refractivity contribution in [3.8, 4) is 11.5 Å². The van der Waals surface area contributed by atoms with Crippen LogP contribution in [0.25, 0.3) is 0 Å². The van der Waals surface area contributed by atoms with Crippen LogP contribution in [-0.4, -0.2) is 33.5 Å². The zero-order chi connectivity index (χ0) is 12.3. The van der Waals surface area contributed by atoms with Crippen LogP contribution in [-0.2, 0) is 4.74 Å². The minimum Gasteiger partial charge on any atom is -0.497 e. The molecule has 1 saturated heterocycles. The zero-order valence-electron chi connectivity index (χ0n) is 10.5. The molecule has 4 nitrogen and oxygen atoms in total. The molecular weight excluding hydrogens is 218 g/mol. The summed E-state index contributed by atoms with van der Waals surface area (Å²) in [6, 6.07) is 5.98. The van der Waals surface area contributed by atoms with E-state index in [0.717, 1.165) is 30.2 Å². The van der Waals surface area contributed by atoms with Gasteiger partial charge in [-0.1, -0.05) is 0 Å². The van der Waals surface area contributed by atoms with E-state index < -0.39 is 0 Å². The summed E-state index contributed by atoms with van der Waals surface area (Å²) < 4.78 is 16.3. The summed E-state index contributed by atoms with van der Waals surface area (Å²) in [5.41, 5.74) is 1.08. The summed E-state index contributed by atoms with van der Waals surface area (Å²) in [5.74, 6) is 1.70. The first kappa shape index (κ1) is 12.2. The Morgan fingerprint density at radius 2 is 2.12 bits per heavy atom. The Labute approximate surface area is 102 Å². The lowest BCUT2D eigenvalue weighted by molar-refractivity contribution is 0.00691. The van der Waals surface area contributed by atoms with Gasteiger partial charge in [0.1, 0.15) is 11.5 Å². The van der Waals surface area contributed by atoms with Crippen LogP contribution in [0.1, 0.15) is 18.5 Å². The number of nitrogens with one attached hydrogen (secondary N) is 1. The summed E-state index contributed by atoms with van der Waals surface area (Å²) in [4.78, 5) is 0. The molecule has 2 atom stereocenters. The van der Waals surface area contributed by atoms with Gasteiger partial charge in [0.2, 0.25) is 0 Å². The first-order valence-corrected chi connectivity index (χ1v) is 5.83. The maximum absolute atomic E-state index is 5.66. The molecule has 2 rings (SSSR count). The standard InChI is InChI=1S/C13H19NO3/c1-9-13(14-6-7-17-9)11-8-10(15-2)4-5-12(11)16-3/h4-5,8-9,13-14H,6-7H2,1-3H3. The fraction of sp³-hybridized carbons (Fsp3) is 0.538. The van der Waals surface area contributed by atoms with Crippen molar-refractivity contribution in [2.24, 2.45) is 0 Å². The van der Waals surface area contributed by atoms with E-state index in [0.29, 0.717) is 0 Å². The molecule has 0 aliphatic carbocycles. The SMILES string of the molecule is COc1ccc(OC)c(C2NCCOC2C)c1. The lowest BCUT2D eigenvalue weighted by atomic mass is 9.99. The quantitative estimate of drug-likeness (QED) is 0.869. The third kappa shape index (κ3) is 2.53. The molecule has 1 aliphatic heterocycles. The topological polar surface area (TPSA) is 39.7 Å². The normalized spacial score (nSPS) is 24.4. The van der Waals surface area contributed by atoms with Crippen molar-refractivity contribution >= 4 is 0 Å². The van der Waals surface area contributed by atoms with Crippen LogP contribution in [0.5, 0.6) is 11.5 Å². The maximum Gasteiger partial charge on any atom is 0.124 e.